The van der Waals surface area contributed by atoms with E-state index >= 15 is 0 Å². The Labute approximate surface area is 168 Å². The van der Waals surface area contributed by atoms with Crippen molar-refractivity contribution < 1.29 is 23.8 Å². The van der Waals surface area contributed by atoms with Crippen molar-refractivity contribution in [2.24, 2.45) is 5.16 Å². The van der Waals surface area contributed by atoms with Gasteiger partial charge in [-0.25, -0.2) is 0 Å². The van der Waals surface area contributed by atoms with E-state index in [1.165, 1.54) is 0 Å². The molecule has 29 heavy (non-hydrogen) atoms. The lowest BCUT2D eigenvalue weighted by molar-refractivity contribution is 0.0322. The van der Waals surface area contributed by atoms with Crippen molar-refractivity contribution in [3.8, 4) is 22.8 Å². The van der Waals surface area contributed by atoms with Gasteiger partial charge in [-0.3, -0.25) is 4.90 Å². The number of benzene rings is 2. The van der Waals surface area contributed by atoms with Gasteiger partial charge in [0, 0.05) is 42.7 Å². The Morgan fingerprint density at radius 3 is 2.52 bits per heavy atom. The summed E-state index contributed by atoms with van der Waals surface area (Å²) in [6.45, 7) is 4.85. The maximum absolute atomic E-state index is 9.46. The Hall–Kier alpha value is -3.03. The molecule has 2 heterocycles. The lowest BCUT2D eigenvalue weighted by Crippen LogP contribution is -2.38. The van der Waals surface area contributed by atoms with Gasteiger partial charge in [0.2, 0.25) is 0 Å². The van der Waals surface area contributed by atoms with Crippen LogP contribution in [0.25, 0.3) is 22.3 Å². The zero-order valence-electron chi connectivity index (χ0n) is 16.3. The smallest absolute Gasteiger partial charge is 0.140 e. The van der Waals surface area contributed by atoms with E-state index in [1.807, 2.05) is 42.5 Å². The van der Waals surface area contributed by atoms with Gasteiger partial charge in [0.05, 0.1) is 20.3 Å². The number of hydrogen-bond acceptors (Lipinski definition) is 7. The predicted octanol–water partition coefficient (Wildman–Crippen LogP) is 3.11. The second-order valence-corrected chi connectivity index (χ2v) is 6.78. The molecule has 0 bridgehead atoms. The van der Waals surface area contributed by atoms with Gasteiger partial charge >= 0.3 is 0 Å². The van der Waals surface area contributed by atoms with E-state index in [0.717, 1.165) is 44.2 Å². The molecule has 1 saturated heterocycles. The maximum Gasteiger partial charge on any atom is 0.140 e. The van der Waals surface area contributed by atoms with E-state index in [2.05, 4.69) is 10.1 Å². The lowest BCUT2D eigenvalue weighted by Gasteiger charge is -2.26. The molecule has 3 aromatic rings. The Kier molecular flexibility index (Phi) is 5.97. The summed E-state index contributed by atoms with van der Waals surface area (Å²) in [5.41, 5.74) is 1.45. The zero-order chi connectivity index (χ0) is 20.1. The summed E-state index contributed by atoms with van der Waals surface area (Å²) in [6, 6.07) is 14.8. The molecule has 0 saturated carbocycles. The number of fused-ring (bicyclic) bond motifs is 1. The van der Waals surface area contributed by atoms with Gasteiger partial charge in [-0.15, -0.1) is 0 Å². The molecule has 0 unspecified atom stereocenters. The molecule has 0 aliphatic carbocycles. The molecular weight excluding hydrogens is 372 g/mol. The fourth-order valence-corrected chi connectivity index (χ4v) is 3.34. The first-order valence-corrected chi connectivity index (χ1v) is 9.60. The largest absolute Gasteiger partial charge is 0.497 e. The summed E-state index contributed by atoms with van der Waals surface area (Å²) >= 11 is 0. The molecular formula is C22H24N2O5. The van der Waals surface area contributed by atoms with E-state index in [1.54, 1.807) is 13.2 Å². The van der Waals surface area contributed by atoms with Crippen molar-refractivity contribution in [2.45, 2.75) is 0 Å². The van der Waals surface area contributed by atoms with Crippen LogP contribution in [0.3, 0.4) is 0 Å². The molecule has 152 valence electrons. The summed E-state index contributed by atoms with van der Waals surface area (Å²) in [5, 5.41) is 14.0. The monoisotopic (exact) mass is 396 g/mol. The third kappa shape index (κ3) is 4.52. The molecule has 1 aromatic heterocycles. The highest BCUT2D eigenvalue weighted by atomic mass is 16.5. The van der Waals surface area contributed by atoms with Gasteiger partial charge < -0.3 is 23.8 Å². The van der Waals surface area contributed by atoms with Crippen molar-refractivity contribution in [1.29, 1.82) is 0 Å². The third-order valence-electron chi connectivity index (χ3n) is 4.98. The van der Waals surface area contributed by atoms with Crippen molar-refractivity contribution in [3.05, 3.63) is 53.9 Å². The highest BCUT2D eigenvalue weighted by Gasteiger charge is 2.11. The summed E-state index contributed by atoms with van der Waals surface area (Å²) in [6.07, 6.45) is 0. The standard InChI is InChI=1S/C22H24N2O5/c1-26-17-4-2-16(3-5-17)21-15-20(23-25)19-7-6-18(14-22(19)29-21)28-13-10-24-8-11-27-12-9-24/h2-7,14-15,25H,8-13H2,1H3/b23-20+. The van der Waals surface area contributed by atoms with Crippen LogP contribution in [0.5, 0.6) is 11.5 Å². The Balaban J connectivity index is 1.57. The first-order valence-electron chi connectivity index (χ1n) is 9.60. The van der Waals surface area contributed by atoms with Crippen LogP contribution in [0, 0.1) is 0 Å². The Morgan fingerprint density at radius 2 is 1.79 bits per heavy atom. The molecule has 7 nitrogen and oxygen atoms in total. The number of morpholine rings is 1. The van der Waals surface area contributed by atoms with Crippen molar-refractivity contribution in [3.63, 3.8) is 0 Å². The van der Waals surface area contributed by atoms with Crippen LogP contribution < -0.4 is 14.8 Å². The molecule has 0 radical (unpaired) electrons. The molecule has 1 aliphatic rings. The molecule has 1 fully saturated rings. The van der Waals surface area contributed by atoms with Gasteiger partial charge in [0.15, 0.2) is 0 Å². The number of rotatable bonds is 6. The molecule has 7 heteroatoms. The molecule has 0 atom stereocenters. The minimum atomic E-state index is 0.442. The van der Waals surface area contributed by atoms with Crippen LogP contribution in [-0.4, -0.2) is 56.7 Å². The minimum Gasteiger partial charge on any atom is -0.497 e. The van der Waals surface area contributed by atoms with E-state index in [4.69, 9.17) is 18.6 Å². The number of ether oxygens (including phenoxy) is 3. The van der Waals surface area contributed by atoms with Crippen LogP contribution in [0.1, 0.15) is 0 Å². The fraction of sp³-hybridized carbons (Fsp3) is 0.318. The SMILES string of the molecule is COc1ccc(-c2c/c(=N\O)c3ccc(OCCN4CCOCC4)cc3o2)cc1. The van der Waals surface area contributed by atoms with Gasteiger partial charge in [0.1, 0.15) is 34.8 Å². The molecule has 2 aromatic carbocycles. The average Bonchev–Trinajstić information content (AvgIpc) is 2.79. The molecule has 0 amide bonds. The number of methoxy groups -OCH3 is 1. The van der Waals surface area contributed by atoms with Crippen molar-refractivity contribution in [1.82, 2.24) is 4.90 Å². The van der Waals surface area contributed by atoms with E-state index in [9.17, 15) is 5.21 Å². The van der Waals surface area contributed by atoms with Gasteiger partial charge in [-0.05, 0) is 36.4 Å². The highest BCUT2D eigenvalue weighted by Crippen LogP contribution is 2.26. The Morgan fingerprint density at radius 1 is 1.03 bits per heavy atom. The summed E-state index contributed by atoms with van der Waals surface area (Å²) in [5.74, 6) is 2.07. The molecule has 4 rings (SSSR count). The van der Waals surface area contributed by atoms with Crippen LogP contribution in [-0.2, 0) is 4.74 Å². The first kappa shape index (κ1) is 19.3. The van der Waals surface area contributed by atoms with E-state index < -0.39 is 0 Å². The quantitative estimate of drug-likeness (QED) is 0.510. The zero-order valence-corrected chi connectivity index (χ0v) is 16.3. The first-order chi connectivity index (χ1) is 14.3. The summed E-state index contributed by atoms with van der Waals surface area (Å²) < 4.78 is 22.6. The second kappa shape index (κ2) is 8.98. The van der Waals surface area contributed by atoms with Gasteiger partial charge in [-0.1, -0.05) is 5.16 Å². The predicted molar refractivity (Wildman–Crippen MR) is 108 cm³/mol. The van der Waals surface area contributed by atoms with Gasteiger partial charge in [-0.2, -0.15) is 0 Å². The van der Waals surface area contributed by atoms with Crippen LogP contribution in [0.2, 0.25) is 0 Å². The molecule has 0 spiro atoms. The second-order valence-electron chi connectivity index (χ2n) is 6.78. The fourth-order valence-electron chi connectivity index (χ4n) is 3.34. The average molecular weight is 396 g/mol. The maximum atomic E-state index is 9.46. The van der Waals surface area contributed by atoms with Crippen molar-refractivity contribution >= 4 is 11.0 Å². The summed E-state index contributed by atoms with van der Waals surface area (Å²) in [7, 11) is 1.62. The number of hydrogen-bond donors (Lipinski definition) is 1. The number of nitrogens with zero attached hydrogens (tertiary/aromatic N) is 2. The van der Waals surface area contributed by atoms with Gasteiger partial charge in [0.25, 0.3) is 0 Å². The molecule has 1 N–H and O–H groups in total. The van der Waals surface area contributed by atoms with E-state index in [-0.39, 0.29) is 0 Å². The normalized spacial score (nSPS) is 15.6. The molecule has 1 aliphatic heterocycles. The van der Waals surface area contributed by atoms with Crippen LogP contribution in [0.15, 0.2) is 58.1 Å². The minimum absolute atomic E-state index is 0.442. The Bertz CT molecular complexity index is 1020. The topological polar surface area (TPSA) is 76.7 Å². The highest BCUT2D eigenvalue weighted by molar-refractivity contribution is 5.79. The summed E-state index contributed by atoms with van der Waals surface area (Å²) in [4.78, 5) is 2.32. The van der Waals surface area contributed by atoms with Crippen LogP contribution >= 0.6 is 0 Å². The lowest BCUT2D eigenvalue weighted by atomic mass is 10.1. The van der Waals surface area contributed by atoms with Crippen LogP contribution in [0.4, 0.5) is 0 Å². The van der Waals surface area contributed by atoms with Crippen molar-refractivity contribution in [2.75, 3.05) is 46.6 Å². The van der Waals surface area contributed by atoms with E-state index in [0.29, 0.717) is 34.4 Å². The third-order valence-corrected chi connectivity index (χ3v) is 4.98.